The van der Waals surface area contributed by atoms with Crippen molar-refractivity contribution in [1.82, 2.24) is 9.97 Å². The summed E-state index contributed by atoms with van der Waals surface area (Å²) in [5.41, 5.74) is 1.11. The van der Waals surface area contributed by atoms with Crippen LogP contribution in [0, 0.1) is 18.3 Å². The molecular weight excluding hydrogens is 228 g/mol. The van der Waals surface area contributed by atoms with Crippen molar-refractivity contribution in [2.75, 3.05) is 5.32 Å². The van der Waals surface area contributed by atoms with Gasteiger partial charge in [0.15, 0.2) is 0 Å². The Morgan fingerprint density at radius 2 is 2.11 bits per heavy atom. The standard InChI is InChI=1S/C13H18N4O/c1-9-7-10(8-14)16-13(15-9)17-11-5-3-2-4-6-12(11)18/h7,11-12,18H,2-6H2,1H3,(H,15,16,17). The molecule has 2 rings (SSSR count). The number of hydrogen-bond acceptors (Lipinski definition) is 5. The number of nitrogens with one attached hydrogen (secondary N) is 1. The lowest BCUT2D eigenvalue weighted by molar-refractivity contribution is 0.144. The van der Waals surface area contributed by atoms with Gasteiger partial charge in [0.05, 0.1) is 12.1 Å². The zero-order valence-corrected chi connectivity index (χ0v) is 10.6. The maximum atomic E-state index is 10.0. The van der Waals surface area contributed by atoms with Crippen LogP contribution in [0.2, 0.25) is 0 Å². The number of rotatable bonds is 2. The molecule has 0 saturated heterocycles. The Morgan fingerprint density at radius 1 is 1.33 bits per heavy atom. The van der Waals surface area contributed by atoms with E-state index >= 15 is 0 Å². The second kappa shape index (κ2) is 5.78. The summed E-state index contributed by atoms with van der Waals surface area (Å²) < 4.78 is 0. The van der Waals surface area contributed by atoms with E-state index in [1.54, 1.807) is 6.07 Å². The summed E-state index contributed by atoms with van der Waals surface area (Å²) >= 11 is 0. The van der Waals surface area contributed by atoms with Crippen LogP contribution in [0.25, 0.3) is 0 Å². The lowest BCUT2D eigenvalue weighted by Gasteiger charge is -2.21. The molecule has 1 aliphatic carbocycles. The van der Waals surface area contributed by atoms with Crippen molar-refractivity contribution in [2.24, 2.45) is 0 Å². The van der Waals surface area contributed by atoms with Gasteiger partial charge in [-0.25, -0.2) is 9.97 Å². The van der Waals surface area contributed by atoms with Gasteiger partial charge in [-0.1, -0.05) is 19.3 Å². The molecule has 1 fully saturated rings. The second-order valence-corrected chi connectivity index (χ2v) is 4.79. The summed E-state index contributed by atoms with van der Waals surface area (Å²) in [5, 5.41) is 22.1. The Hall–Kier alpha value is -1.67. The third-order valence-corrected chi connectivity index (χ3v) is 3.26. The average molecular weight is 246 g/mol. The molecule has 1 saturated carbocycles. The van der Waals surface area contributed by atoms with E-state index in [-0.39, 0.29) is 12.1 Å². The molecule has 1 aromatic rings. The molecule has 0 aliphatic heterocycles. The summed E-state index contributed by atoms with van der Waals surface area (Å²) in [6.07, 6.45) is 4.70. The summed E-state index contributed by atoms with van der Waals surface area (Å²) in [4.78, 5) is 8.37. The Bertz CT molecular complexity index is 455. The number of nitrogens with zero attached hydrogens (tertiary/aromatic N) is 3. The highest BCUT2D eigenvalue weighted by Gasteiger charge is 2.22. The maximum absolute atomic E-state index is 10.0. The number of aliphatic hydroxyl groups is 1. The quantitative estimate of drug-likeness (QED) is 0.777. The van der Waals surface area contributed by atoms with Gasteiger partial charge in [0.25, 0.3) is 0 Å². The molecule has 0 aromatic carbocycles. The van der Waals surface area contributed by atoms with Crippen molar-refractivity contribution in [3.05, 3.63) is 17.5 Å². The van der Waals surface area contributed by atoms with E-state index in [2.05, 4.69) is 15.3 Å². The number of aliphatic hydroxyl groups excluding tert-OH is 1. The van der Waals surface area contributed by atoms with Crippen LogP contribution < -0.4 is 5.32 Å². The molecule has 1 heterocycles. The number of hydrogen-bond donors (Lipinski definition) is 2. The van der Waals surface area contributed by atoms with Crippen LogP contribution >= 0.6 is 0 Å². The van der Waals surface area contributed by atoms with Crippen LogP contribution in [-0.4, -0.2) is 27.2 Å². The van der Waals surface area contributed by atoms with E-state index in [1.165, 1.54) is 0 Å². The maximum Gasteiger partial charge on any atom is 0.224 e. The normalized spacial score (nSPS) is 24.1. The van der Waals surface area contributed by atoms with E-state index in [0.717, 1.165) is 37.8 Å². The SMILES string of the molecule is Cc1cc(C#N)nc(NC2CCCCCC2O)n1. The molecule has 0 radical (unpaired) electrons. The van der Waals surface area contributed by atoms with E-state index in [1.807, 2.05) is 13.0 Å². The fourth-order valence-electron chi connectivity index (χ4n) is 2.31. The van der Waals surface area contributed by atoms with Crippen molar-refractivity contribution < 1.29 is 5.11 Å². The van der Waals surface area contributed by atoms with E-state index in [0.29, 0.717) is 11.6 Å². The molecule has 18 heavy (non-hydrogen) atoms. The van der Waals surface area contributed by atoms with Crippen LogP contribution in [0.3, 0.4) is 0 Å². The zero-order valence-electron chi connectivity index (χ0n) is 10.6. The molecular formula is C13H18N4O. The first-order chi connectivity index (χ1) is 8.69. The molecule has 2 unspecified atom stereocenters. The summed E-state index contributed by atoms with van der Waals surface area (Å²) in [5.74, 6) is 0.442. The van der Waals surface area contributed by atoms with Gasteiger partial charge >= 0.3 is 0 Å². The predicted octanol–water partition coefficient (Wildman–Crippen LogP) is 1.76. The van der Waals surface area contributed by atoms with E-state index in [4.69, 9.17) is 5.26 Å². The van der Waals surface area contributed by atoms with E-state index < -0.39 is 0 Å². The number of aryl methyl sites for hydroxylation is 1. The Morgan fingerprint density at radius 3 is 2.89 bits per heavy atom. The number of nitriles is 1. The van der Waals surface area contributed by atoms with Gasteiger partial charge in [-0.2, -0.15) is 5.26 Å². The molecule has 5 heteroatoms. The zero-order chi connectivity index (χ0) is 13.0. The minimum atomic E-state index is -0.359. The molecule has 2 N–H and O–H groups in total. The summed E-state index contributed by atoms with van der Waals surface area (Å²) in [6.45, 7) is 1.83. The Balaban J connectivity index is 2.12. The molecule has 96 valence electrons. The predicted molar refractivity (Wildman–Crippen MR) is 68.0 cm³/mol. The Kier molecular flexibility index (Phi) is 4.11. The second-order valence-electron chi connectivity index (χ2n) is 4.79. The van der Waals surface area contributed by atoms with Crippen LogP contribution in [0.1, 0.15) is 43.5 Å². The summed E-state index contributed by atoms with van der Waals surface area (Å²) in [7, 11) is 0. The molecule has 2 atom stereocenters. The van der Waals surface area contributed by atoms with Gasteiger partial charge in [-0.3, -0.25) is 0 Å². The topological polar surface area (TPSA) is 81.8 Å². The fraction of sp³-hybridized carbons (Fsp3) is 0.615. The van der Waals surface area contributed by atoms with Crippen LogP contribution in [0.4, 0.5) is 5.95 Å². The molecule has 0 spiro atoms. The summed E-state index contributed by atoms with van der Waals surface area (Å²) in [6, 6.07) is 3.65. The van der Waals surface area contributed by atoms with Crippen LogP contribution in [0.15, 0.2) is 6.07 Å². The molecule has 5 nitrogen and oxygen atoms in total. The number of aromatic nitrogens is 2. The molecule has 0 amide bonds. The van der Waals surface area contributed by atoms with Gasteiger partial charge in [0.1, 0.15) is 11.8 Å². The first kappa shape index (κ1) is 12.8. The number of anilines is 1. The van der Waals surface area contributed by atoms with Crippen molar-refractivity contribution in [2.45, 2.75) is 51.2 Å². The van der Waals surface area contributed by atoms with Crippen LogP contribution in [-0.2, 0) is 0 Å². The lowest BCUT2D eigenvalue weighted by Crippen LogP contribution is -2.33. The van der Waals surface area contributed by atoms with Crippen molar-refractivity contribution in [1.29, 1.82) is 5.26 Å². The first-order valence-corrected chi connectivity index (χ1v) is 6.39. The highest BCUT2D eigenvalue weighted by atomic mass is 16.3. The minimum absolute atomic E-state index is 0.0131. The smallest absolute Gasteiger partial charge is 0.224 e. The third-order valence-electron chi connectivity index (χ3n) is 3.26. The highest BCUT2D eigenvalue weighted by molar-refractivity contribution is 5.34. The van der Waals surface area contributed by atoms with E-state index in [9.17, 15) is 5.11 Å². The van der Waals surface area contributed by atoms with Crippen LogP contribution in [0.5, 0.6) is 0 Å². The largest absolute Gasteiger partial charge is 0.391 e. The van der Waals surface area contributed by atoms with Gasteiger partial charge in [-0.05, 0) is 25.8 Å². The first-order valence-electron chi connectivity index (χ1n) is 6.39. The average Bonchev–Trinajstić information content (AvgIpc) is 2.54. The minimum Gasteiger partial charge on any atom is -0.391 e. The van der Waals surface area contributed by atoms with Gasteiger partial charge in [0.2, 0.25) is 5.95 Å². The highest BCUT2D eigenvalue weighted by Crippen LogP contribution is 2.20. The lowest BCUT2D eigenvalue weighted by atomic mass is 10.1. The Labute approximate surface area is 107 Å². The third kappa shape index (κ3) is 3.17. The molecule has 0 bridgehead atoms. The van der Waals surface area contributed by atoms with Crippen molar-refractivity contribution in [3.63, 3.8) is 0 Å². The van der Waals surface area contributed by atoms with Gasteiger partial charge in [0, 0.05) is 5.69 Å². The fourth-order valence-corrected chi connectivity index (χ4v) is 2.31. The monoisotopic (exact) mass is 246 g/mol. The van der Waals surface area contributed by atoms with Gasteiger partial charge < -0.3 is 10.4 Å². The molecule has 1 aliphatic rings. The van der Waals surface area contributed by atoms with Crippen molar-refractivity contribution >= 4 is 5.95 Å². The van der Waals surface area contributed by atoms with Crippen molar-refractivity contribution in [3.8, 4) is 6.07 Å². The van der Waals surface area contributed by atoms with Gasteiger partial charge in [-0.15, -0.1) is 0 Å². The molecule has 1 aromatic heterocycles.